The minimum atomic E-state index is -1.11. The molecule has 9 heteroatoms. The number of hydrogen-bond acceptors (Lipinski definition) is 7. The largest absolute Gasteiger partial charge is 0.392 e. The van der Waals surface area contributed by atoms with Crippen LogP contribution in [-0.2, 0) is 16.1 Å². The average Bonchev–Trinajstić information content (AvgIpc) is 3.54. The summed E-state index contributed by atoms with van der Waals surface area (Å²) in [5, 5.41) is 28.0. The molecule has 2 heterocycles. The Balaban J connectivity index is 1.56. The summed E-state index contributed by atoms with van der Waals surface area (Å²) >= 11 is 1.60. The topological polar surface area (TPSA) is 115 Å². The predicted octanol–water partition coefficient (Wildman–Crippen LogP) is 5.16. The summed E-state index contributed by atoms with van der Waals surface area (Å²) in [6.45, 7) is 10.6. The van der Waals surface area contributed by atoms with E-state index in [-0.39, 0.29) is 24.8 Å². The zero-order chi connectivity index (χ0) is 30.0. The van der Waals surface area contributed by atoms with Gasteiger partial charge in [0.2, 0.25) is 11.8 Å². The molecule has 1 aromatic heterocycles. The lowest BCUT2D eigenvalue weighted by Gasteiger charge is -2.40. The number of hydrogen-bond donors (Lipinski definition) is 4. The number of carbonyl (C=O) groups excluding carboxylic acids is 2. The summed E-state index contributed by atoms with van der Waals surface area (Å²) in [5.41, 5.74) is 4.43. The van der Waals surface area contributed by atoms with Crippen LogP contribution in [0.1, 0.15) is 96.7 Å². The van der Waals surface area contributed by atoms with Crippen LogP contribution in [0.15, 0.2) is 29.8 Å². The molecule has 1 saturated heterocycles. The van der Waals surface area contributed by atoms with E-state index in [2.05, 4.69) is 22.5 Å². The maximum absolute atomic E-state index is 13.3. The van der Waals surface area contributed by atoms with Crippen molar-refractivity contribution in [1.82, 2.24) is 20.5 Å². The van der Waals surface area contributed by atoms with Gasteiger partial charge in [-0.2, -0.15) is 0 Å². The summed E-state index contributed by atoms with van der Waals surface area (Å²) < 4.78 is 0. The number of amides is 2. The van der Waals surface area contributed by atoms with Crippen molar-refractivity contribution in [3.8, 4) is 10.4 Å². The molecule has 0 radical (unpaired) electrons. The fourth-order valence-corrected chi connectivity index (χ4v) is 6.28. The van der Waals surface area contributed by atoms with Gasteiger partial charge in [-0.25, -0.2) is 4.98 Å². The number of likely N-dealkylation sites (tertiary alicyclic amines) is 1. The number of aromatic nitrogens is 1. The molecule has 1 fully saturated rings. The highest BCUT2D eigenvalue weighted by atomic mass is 32.1. The Morgan fingerprint density at radius 2 is 1.76 bits per heavy atom. The lowest BCUT2D eigenvalue weighted by atomic mass is 9.84. The zero-order valence-electron chi connectivity index (χ0n) is 25.5. The molecule has 0 aliphatic carbocycles. The first-order chi connectivity index (χ1) is 19.5. The third-order valence-corrected chi connectivity index (χ3v) is 8.92. The van der Waals surface area contributed by atoms with Crippen LogP contribution in [0.25, 0.3) is 10.4 Å². The first-order valence-electron chi connectivity index (χ1n) is 15.2. The Bertz CT molecular complexity index is 1100. The van der Waals surface area contributed by atoms with E-state index in [1.165, 1.54) is 25.7 Å². The smallest absolute Gasteiger partial charge is 0.237 e. The fraction of sp³-hybridized carbons (Fsp3) is 0.656. The first kappa shape index (κ1) is 33.2. The van der Waals surface area contributed by atoms with Gasteiger partial charge in [0.25, 0.3) is 0 Å². The molecular formula is C32H50N4O4S. The SMILES string of the molecule is CCCCCCCCCC(=O)N[C@H](C(O)N1C[C@H](O)C[C@H]1C(=O)NCc1ccc(-c2scnc2C)cc1)C(C)(C)C. The number of β-amino-alcohol motifs (C(OH)–C–C–N with tert-alkyl or cyclic N) is 1. The van der Waals surface area contributed by atoms with E-state index in [0.29, 0.717) is 13.0 Å². The lowest BCUT2D eigenvalue weighted by Crippen LogP contribution is -2.60. The van der Waals surface area contributed by atoms with Gasteiger partial charge in [-0.3, -0.25) is 14.5 Å². The first-order valence-corrected chi connectivity index (χ1v) is 16.1. The minimum absolute atomic E-state index is 0.0877. The molecule has 2 aromatic rings. The van der Waals surface area contributed by atoms with Gasteiger partial charge in [0.05, 0.1) is 34.3 Å². The van der Waals surface area contributed by atoms with E-state index in [9.17, 15) is 19.8 Å². The van der Waals surface area contributed by atoms with Gasteiger partial charge >= 0.3 is 0 Å². The molecule has 228 valence electrons. The van der Waals surface area contributed by atoms with Crippen molar-refractivity contribution in [3.05, 3.63) is 41.0 Å². The zero-order valence-corrected chi connectivity index (χ0v) is 26.3. The lowest BCUT2D eigenvalue weighted by molar-refractivity contribution is -0.135. The Kier molecular flexibility index (Phi) is 12.8. The standard InChI is InChI=1S/C32H50N4O4S/c1-6-7-8-9-10-11-12-13-27(38)35-29(32(3,4)5)31(40)36-20-25(37)18-26(36)30(39)33-19-23-14-16-24(17-15-23)28-22(2)34-21-41-28/h14-17,21,25-26,29,31,37,40H,6-13,18-20H2,1-5H3,(H,33,39)(H,35,38)/t25-,26+,29-,31?/m1/s1. The Labute approximate surface area is 250 Å². The molecule has 0 saturated carbocycles. The highest BCUT2D eigenvalue weighted by molar-refractivity contribution is 7.13. The third kappa shape index (κ3) is 9.87. The van der Waals surface area contributed by atoms with Gasteiger partial charge in [0.15, 0.2) is 0 Å². The number of unbranched alkanes of at least 4 members (excludes halogenated alkanes) is 6. The number of carbonyl (C=O) groups is 2. The van der Waals surface area contributed by atoms with E-state index in [1.807, 2.05) is 57.5 Å². The molecule has 1 aromatic carbocycles. The molecule has 3 rings (SSSR count). The van der Waals surface area contributed by atoms with E-state index in [4.69, 9.17) is 0 Å². The van der Waals surface area contributed by atoms with Crippen LogP contribution in [0.4, 0.5) is 0 Å². The quantitative estimate of drug-likeness (QED) is 0.214. The third-order valence-electron chi connectivity index (χ3n) is 7.94. The van der Waals surface area contributed by atoms with Crippen LogP contribution in [0.2, 0.25) is 0 Å². The molecule has 41 heavy (non-hydrogen) atoms. The van der Waals surface area contributed by atoms with Crippen LogP contribution >= 0.6 is 11.3 Å². The number of nitrogens with one attached hydrogen (secondary N) is 2. The van der Waals surface area contributed by atoms with Crippen molar-refractivity contribution in [2.75, 3.05) is 6.54 Å². The van der Waals surface area contributed by atoms with Gasteiger partial charge in [-0.05, 0) is 36.3 Å². The van der Waals surface area contributed by atoms with Crippen molar-refractivity contribution >= 4 is 23.2 Å². The second kappa shape index (κ2) is 15.8. The number of benzene rings is 1. The van der Waals surface area contributed by atoms with Gasteiger partial charge in [0, 0.05) is 19.5 Å². The van der Waals surface area contributed by atoms with E-state index in [0.717, 1.165) is 41.0 Å². The fourth-order valence-electron chi connectivity index (χ4n) is 5.47. The molecule has 4 atom stereocenters. The van der Waals surface area contributed by atoms with Crippen LogP contribution in [0.3, 0.4) is 0 Å². The summed E-state index contributed by atoms with van der Waals surface area (Å²) in [6.07, 6.45) is 6.72. The van der Waals surface area contributed by atoms with Gasteiger partial charge < -0.3 is 20.8 Å². The van der Waals surface area contributed by atoms with E-state index < -0.39 is 29.8 Å². The van der Waals surface area contributed by atoms with Crippen LogP contribution in [0.5, 0.6) is 0 Å². The summed E-state index contributed by atoms with van der Waals surface area (Å²) in [7, 11) is 0. The Morgan fingerprint density at radius 3 is 2.37 bits per heavy atom. The van der Waals surface area contributed by atoms with Crippen molar-refractivity contribution in [2.24, 2.45) is 5.41 Å². The molecule has 2 amide bonds. The molecule has 8 nitrogen and oxygen atoms in total. The maximum Gasteiger partial charge on any atom is 0.237 e. The highest BCUT2D eigenvalue weighted by Crippen LogP contribution is 2.30. The summed E-state index contributed by atoms with van der Waals surface area (Å²) in [6, 6.07) is 6.75. The van der Waals surface area contributed by atoms with E-state index >= 15 is 0 Å². The number of nitrogens with zero attached hydrogens (tertiary/aromatic N) is 2. The Hall–Kier alpha value is -2.33. The second-order valence-corrected chi connectivity index (χ2v) is 13.3. The summed E-state index contributed by atoms with van der Waals surface area (Å²) in [5.74, 6) is -0.333. The molecule has 0 spiro atoms. The molecular weight excluding hydrogens is 536 g/mol. The van der Waals surface area contributed by atoms with Gasteiger partial charge in [0.1, 0.15) is 6.23 Å². The molecule has 1 aliphatic heterocycles. The Morgan fingerprint density at radius 1 is 1.10 bits per heavy atom. The maximum atomic E-state index is 13.3. The van der Waals surface area contributed by atoms with Crippen LogP contribution < -0.4 is 10.6 Å². The monoisotopic (exact) mass is 586 g/mol. The highest BCUT2D eigenvalue weighted by Gasteiger charge is 2.44. The minimum Gasteiger partial charge on any atom is -0.392 e. The number of rotatable bonds is 15. The summed E-state index contributed by atoms with van der Waals surface area (Å²) in [4.78, 5) is 33.2. The molecule has 1 aliphatic rings. The molecule has 1 unspecified atom stereocenters. The van der Waals surface area contributed by atoms with Crippen molar-refractivity contribution in [3.63, 3.8) is 0 Å². The van der Waals surface area contributed by atoms with Crippen molar-refractivity contribution in [1.29, 1.82) is 0 Å². The number of aryl methyl sites for hydroxylation is 1. The van der Waals surface area contributed by atoms with Gasteiger partial charge in [-0.15, -0.1) is 11.3 Å². The molecule has 0 bridgehead atoms. The average molecular weight is 587 g/mol. The second-order valence-electron chi connectivity index (χ2n) is 12.5. The number of thiazole rings is 1. The molecule has 4 N–H and O–H groups in total. The van der Waals surface area contributed by atoms with Gasteiger partial charge in [-0.1, -0.05) is 90.5 Å². The van der Waals surface area contributed by atoms with Crippen LogP contribution in [-0.4, -0.2) is 62.9 Å². The normalized spacial score (nSPS) is 19.2. The number of aliphatic hydroxyl groups is 2. The van der Waals surface area contributed by atoms with Crippen molar-refractivity contribution in [2.45, 2.75) is 123 Å². The number of aliphatic hydroxyl groups excluding tert-OH is 2. The van der Waals surface area contributed by atoms with Crippen molar-refractivity contribution < 1.29 is 19.8 Å². The van der Waals surface area contributed by atoms with Crippen LogP contribution in [0, 0.1) is 12.3 Å². The van der Waals surface area contributed by atoms with E-state index in [1.54, 1.807) is 16.2 Å². The predicted molar refractivity (Wildman–Crippen MR) is 165 cm³/mol.